The number of piperazine rings is 1. The summed E-state index contributed by atoms with van der Waals surface area (Å²) < 4.78 is 26.8. The number of carbonyl (C=O) groups excluding carboxylic acids is 1. The number of carbonyl (C=O) groups is 1. The van der Waals surface area contributed by atoms with Crippen LogP contribution in [0.15, 0.2) is 72.8 Å². The Balaban J connectivity index is 0.000000272. The molecule has 4 saturated heterocycles. The SMILES string of the molecule is C.C.COCCN1CCOCC1.Cc1ccc(C(=O)N2CCN(C)CC2)cc1.Cc1ccc(OCCN2CCCC2)cc1.Cc1ccc(OCCN2CCOCC2)cc1. The van der Waals surface area contributed by atoms with E-state index in [0.717, 1.165) is 135 Å². The van der Waals surface area contributed by atoms with Crippen molar-refractivity contribution in [1.29, 1.82) is 0 Å². The Hall–Kier alpha value is -3.55. The summed E-state index contributed by atoms with van der Waals surface area (Å²) in [5, 5.41) is 0. The van der Waals surface area contributed by atoms with Crippen molar-refractivity contribution in [2.75, 3.05) is 145 Å². The predicted octanol–water partition coefficient (Wildman–Crippen LogP) is 6.80. The maximum Gasteiger partial charge on any atom is 0.253 e. The smallest absolute Gasteiger partial charge is 0.253 e. The zero-order chi connectivity index (χ0) is 40.5. The summed E-state index contributed by atoms with van der Waals surface area (Å²) in [6.07, 6.45) is 2.70. The third kappa shape index (κ3) is 21.5. The molecule has 0 aromatic heterocycles. The third-order valence-corrected chi connectivity index (χ3v) is 10.5. The number of hydrogen-bond donors (Lipinski definition) is 0. The van der Waals surface area contributed by atoms with E-state index in [9.17, 15) is 4.79 Å². The molecule has 0 saturated carbocycles. The largest absolute Gasteiger partial charge is 0.492 e. The van der Waals surface area contributed by atoms with Gasteiger partial charge in [0.25, 0.3) is 5.91 Å². The number of benzene rings is 3. The molecule has 0 spiro atoms. The van der Waals surface area contributed by atoms with E-state index >= 15 is 0 Å². The summed E-state index contributed by atoms with van der Waals surface area (Å²) in [5.41, 5.74) is 4.53. The molecule has 3 aromatic rings. The molecule has 0 atom stereocenters. The van der Waals surface area contributed by atoms with Gasteiger partial charge in [-0.3, -0.25) is 19.5 Å². The molecule has 4 aliphatic rings. The van der Waals surface area contributed by atoms with Crippen LogP contribution in [0.25, 0.3) is 0 Å². The van der Waals surface area contributed by atoms with Crippen molar-refractivity contribution < 1.29 is 28.5 Å². The van der Waals surface area contributed by atoms with Crippen molar-refractivity contribution in [2.45, 2.75) is 48.5 Å². The van der Waals surface area contributed by atoms with E-state index in [1.807, 2.05) is 60.4 Å². The molecule has 7 rings (SSSR count). The van der Waals surface area contributed by atoms with Crippen LogP contribution in [0.5, 0.6) is 11.5 Å². The minimum absolute atomic E-state index is 0. The normalized spacial score (nSPS) is 17.3. The van der Waals surface area contributed by atoms with E-state index in [2.05, 4.69) is 64.8 Å². The second-order valence-corrected chi connectivity index (χ2v) is 15.2. The topological polar surface area (TPSA) is 79.4 Å². The Morgan fingerprint density at radius 2 is 0.898 bits per heavy atom. The summed E-state index contributed by atoms with van der Waals surface area (Å²) in [6.45, 7) is 25.4. The molecule has 11 heteroatoms. The van der Waals surface area contributed by atoms with Crippen LogP contribution in [0, 0.1) is 20.8 Å². The highest BCUT2D eigenvalue weighted by Crippen LogP contribution is 2.14. The van der Waals surface area contributed by atoms with Crippen molar-refractivity contribution in [2.24, 2.45) is 0 Å². The first-order valence-corrected chi connectivity index (χ1v) is 21.0. The van der Waals surface area contributed by atoms with Gasteiger partial charge in [0.15, 0.2) is 0 Å². The van der Waals surface area contributed by atoms with Crippen molar-refractivity contribution in [3.8, 4) is 11.5 Å². The van der Waals surface area contributed by atoms with E-state index in [4.69, 9.17) is 23.7 Å². The van der Waals surface area contributed by atoms with Crippen molar-refractivity contribution in [1.82, 2.24) is 24.5 Å². The monoisotopic (exact) mass is 822 g/mol. The highest BCUT2D eigenvalue weighted by atomic mass is 16.5. The number of amides is 1. The van der Waals surface area contributed by atoms with Crippen molar-refractivity contribution >= 4 is 5.91 Å². The fourth-order valence-electron chi connectivity index (χ4n) is 6.62. The van der Waals surface area contributed by atoms with Gasteiger partial charge >= 0.3 is 0 Å². The van der Waals surface area contributed by atoms with Crippen LogP contribution >= 0.6 is 0 Å². The minimum atomic E-state index is 0. The predicted molar refractivity (Wildman–Crippen MR) is 243 cm³/mol. The Kier molecular flexibility index (Phi) is 26.6. The van der Waals surface area contributed by atoms with Crippen LogP contribution in [-0.2, 0) is 14.2 Å². The summed E-state index contributed by atoms with van der Waals surface area (Å²) in [5.74, 6) is 2.10. The van der Waals surface area contributed by atoms with Gasteiger partial charge in [-0.25, -0.2) is 0 Å². The standard InChI is InChI=1S/C13H18N2O.C13H19NO2.C13H19NO.C7H15NO2.2CH4/c1-11-3-5-12(6-4-11)13(16)15-9-7-14(2)8-10-15;1-12-2-4-13(5-3-12)16-11-8-14-6-9-15-10-7-14;1-12-4-6-13(7-5-12)15-11-10-14-8-2-3-9-14;1-9-5-2-8-3-6-10-7-4-8;;/h3-6H,7-10H2,1-2H3;2-5H,6-11H2,1H3;4-7H,2-3,8-11H2,1H3;2-7H2,1H3;2*1H4. The quantitative estimate of drug-likeness (QED) is 0.195. The molecule has 0 radical (unpaired) electrons. The molecule has 332 valence electrons. The first kappa shape index (κ1) is 51.6. The first-order valence-electron chi connectivity index (χ1n) is 21.0. The lowest BCUT2D eigenvalue weighted by atomic mass is 10.1. The number of likely N-dealkylation sites (tertiary alicyclic amines) is 1. The zero-order valence-electron chi connectivity index (χ0n) is 35.7. The van der Waals surface area contributed by atoms with E-state index < -0.39 is 0 Å². The van der Waals surface area contributed by atoms with Crippen LogP contribution in [0.3, 0.4) is 0 Å². The number of ether oxygens (including phenoxy) is 5. The van der Waals surface area contributed by atoms with Gasteiger partial charge in [0.2, 0.25) is 0 Å². The van der Waals surface area contributed by atoms with E-state index in [1.54, 1.807) is 7.11 Å². The molecule has 3 aromatic carbocycles. The summed E-state index contributed by atoms with van der Waals surface area (Å²) in [7, 11) is 3.83. The highest BCUT2D eigenvalue weighted by molar-refractivity contribution is 5.94. The van der Waals surface area contributed by atoms with Gasteiger partial charge in [0.05, 0.1) is 33.0 Å². The summed E-state index contributed by atoms with van der Waals surface area (Å²) in [6, 6.07) is 24.3. The Labute approximate surface area is 358 Å². The summed E-state index contributed by atoms with van der Waals surface area (Å²) in [4.78, 5) is 23.5. The molecule has 1 amide bonds. The average molecular weight is 822 g/mol. The van der Waals surface area contributed by atoms with Gasteiger partial charge in [-0.15, -0.1) is 0 Å². The van der Waals surface area contributed by atoms with Gasteiger partial charge in [-0.05, 0) is 90.1 Å². The molecule has 0 aliphatic carbocycles. The van der Waals surface area contributed by atoms with Crippen LogP contribution in [0.4, 0.5) is 0 Å². The maximum absolute atomic E-state index is 12.1. The minimum Gasteiger partial charge on any atom is -0.492 e. The number of morpholine rings is 2. The number of aryl methyl sites for hydroxylation is 3. The van der Waals surface area contributed by atoms with Gasteiger partial charge in [0, 0.05) is 84.7 Å². The second-order valence-electron chi connectivity index (χ2n) is 15.2. The zero-order valence-corrected chi connectivity index (χ0v) is 35.7. The van der Waals surface area contributed by atoms with Gasteiger partial charge in [-0.2, -0.15) is 0 Å². The molecule has 0 bridgehead atoms. The number of likely N-dealkylation sites (N-methyl/N-ethyl adjacent to an activating group) is 1. The fourth-order valence-corrected chi connectivity index (χ4v) is 6.62. The molecule has 0 unspecified atom stereocenters. The van der Waals surface area contributed by atoms with Crippen LogP contribution < -0.4 is 9.47 Å². The van der Waals surface area contributed by atoms with Gasteiger partial charge < -0.3 is 33.5 Å². The number of rotatable bonds is 12. The van der Waals surface area contributed by atoms with Gasteiger partial charge in [-0.1, -0.05) is 67.9 Å². The molecular weight excluding hydrogens is 743 g/mol. The lowest BCUT2D eigenvalue weighted by Gasteiger charge is -2.32. The molecule has 11 nitrogen and oxygen atoms in total. The van der Waals surface area contributed by atoms with Crippen LogP contribution in [0.2, 0.25) is 0 Å². The first-order chi connectivity index (χ1) is 27.8. The molecule has 0 N–H and O–H groups in total. The molecule has 4 fully saturated rings. The van der Waals surface area contributed by atoms with Crippen LogP contribution in [-0.4, -0.2) is 176 Å². The van der Waals surface area contributed by atoms with E-state index in [1.165, 1.54) is 42.6 Å². The Morgan fingerprint density at radius 1 is 0.525 bits per heavy atom. The molecule has 4 heterocycles. The lowest BCUT2D eigenvalue weighted by molar-refractivity contribution is 0.0263. The molecular formula is C48H79N5O6. The third-order valence-electron chi connectivity index (χ3n) is 10.5. The fraction of sp³-hybridized carbons (Fsp3) is 0.604. The average Bonchev–Trinajstić information content (AvgIpc) is 3.77. The van der Waals surface area contributed by atoms with Crippen molar-refractivity contribution in [3.63, 3.8) is 0 Å². The van der Waals surface area contributed by atoms with E-state index in [-0.39, 0.29) is 20.8 Å². The van der Waals surface area contributed by atoms with Gasteiger partial charge in [0.1, 0.15) is 24.7 Å². The Bertz CT molecular complexity index is 1470. The number of nitrogens with zero attached hydrogens (tertiary/aromatic N) is 5. The molecule has 59 heavy (non-hydrogen) atoms. The number of methoxy groups -OCH3 is 1. The lowest BCUT2D eigenvalue weighted by Crippen LogP contribution is -2.47. The second kappa shape index (κ2) is 30.5. The van der Waals surface area contributed by atoms with E-state index in [0.29, 0.717) is 0 Å². The highest BCUT2D eigenvalue weighted by Gasteiger charge is 2.20. The maximum atomic E-state index is 12.1. The molecule has 4 aliphatic heterocycles. The van der Waals surface area contributed by atoms with Crippen molar-refractivity contribution in [3.05, 3.63) is 95.1 Å². The summed E-state index contributed by atoms with van der Waals surface area (Å²) >= 11 is 0. The Morgan fingerprint density at radius 3 is 1.31 bits per heavy atom. The van der Waals surface area contributed by atoms with Crippen LogP contribution in [0.1, 0.15) is 54.7 Å². The number of hydrogen-bond acceptors (Lipinski definition) is 10.